The fourth-order valence-corrected chi connectivity index (χ4v) is 0.886. The number of benzene rings is 1. The molecule has 62 valence electrons. The van der Waals surface area contributed by atoms with Crippen molar-refractivity contribution in [2.45, 2.75) is 6.92 Å². The first-order valence-corrected chi connectivity index (χ1v) is 4.00. The first-order valence-electron chi connectivity index (χ1n) is 4.00. The Labute approximate surface area is 73.2 Å². The van der Waals surface area contributed by atoms with Crippen molar-refractivity contribution >= 4 is 6.08 Å². The molecule has 0 saturated carbocycles. The predicted octanol–water partition coefficient (Wildman–Crippen LogP) is 2.12. The van der Waals surface area contributed by atoms with E-state index in [1.165, 1.54) is 5.56 Å². The van der Waals surface area contributed by atoms with Crippen LogP contribution >= 0.6 is 0 Å². The normalized spacial score (nSPS) is 8.83. The summed E-state index contributed by atoms with van der Waals surface area (Å²) in [6, 6.07) is 8.28. The number of hydrogen-bond donors (Lipinski definition) is 1. The molecule has 0 atom stereocenters. The average molecular weight is 159 g/mol. The standard InChI is InChI=1S/C11H13N/c1-10-5-7-11(8-6-10)4-2-3-9-12/h3-8H,9,12H2,1H3. The molecule has 1 aromatic carbocycles. The van der Waals surface area contributed by atoms with Crippen LogP contribution in [0.25, 0.3) is 6.08 Å². The lowest BCUT2D eigenvalue weighted by Gasteiger charge is -1.91. The Balaban J connectivity index is 2.77. The van der Waals surface area contributed by atoms with Gasteiger partial charge in [0.05, 0.1) is 0 Å². The van der Waals surface area contributed by atoms with Crippen LogP contribution in [0.3, 0.4) is 0 Å². The molecule has 0 aliphatic carbocycles. The Morgan fingerprint density at radius 2 is 2.00 bits per heavy atom. The number of hydrogen-bond acceptors (Lipinski definition) is 1. The van der Waals surface area contributed by atoms with Gasteiger partial charge >= 0.3 is 0 Å². The van der Waals surface area contributed by atoms with E-state index in [2.05, 4.69) is 36.9 Å². The second-order valence-electron chi connectivity index (χ2n) is 2.66. The zero-order chi connectivity index (χ0) is 8.81. The SMILES string of the molecule is Cc1ccc(C=C=CCN)cc1. The molecule has 0 aromatic heterocycles. The minimum Gasteiger partial charge on any atom is -0.326 e. The van der Waals surface area contributed by atoms with Crippen molar-refractivity contribution in [3.05, 3.63) is 47.2 Å². The van der Waals surface area contributed by atoms with Gasteiger partial charge in [-0.2, -0.15) is 0 Å². The smallest absolute Gasteiger partial charge is 0.0182 e. The minimum absolute atomic E-state index is 0.544. The molecule has 0 aliphatic rings. The summed E-state index contributed by atoms with van der Waals surface area (Å²) in [5.41, 5.74) is 10.7. The highest BCUT2D eigenvalue weighted by molar-refractivity contribution is 5.48. The monoisotopic (exact) mass is 159 g/mol. The highest BCUT2D eigenvalue weighted by atomic mass is 14.5. The molecule has 0 amide bonds. The molecule has 0 unspecified atom stereocenters. The van der Waals surface area contributed by atoms with Crippen molar-refractivity contribution < 1.29 is 0 Å². The number of aryl methyl sites for hydroxylation is 1. The third kappa shape index (κ3) is 2.75. The van der Waals surface area contributed by atoms with Crippen LogP contribution in [0.15, 0.2) is 36.1 Å². The lowest BCUT2D eigenvalue weighted by atomic mass is 10.1. The van der Waals surface area contributed by atoms with E-state index < -0.39 is 0 Å². The van der Waals surface area contributed by atoms with Crippen molar-refractivity contribution in [1.82, 2.24) is 0 Å². The molecule has 0 fully saturated rings. The third-order valence-electron chi connectivity index (χ3n) is 1.56. The Hall–Kier alpha value is -1.30. The molecular formula is C11H13N. The van der Waals surface area contributed by atoms with E-state index in [-0.39, 0.29) is 0 Å². The molecule has 0 bridgehead atoms. The van der Waals surface area contributed by atoms with Crippen LogP contribution in [0, 0.1) is 6.92 Å². The van der Waals surface area contributed by atoms with E-state index in [1.807, 2.05) is 6.08 Å². The van der Waals surface area contributed by atoms with Crippen LogP contribution in [0.2, 0.25) is 0 Å². The lowest BCUT2D eigenvalue weighted by Crippen LogP contribution is -1.90. The van der Waals surface area contributed by atoms with E-state index in [4.69, 9.17) is 5.73 Å². The van der Waals surface area contributed by atoms with Gasteiger partial charge in [0.15, 0.2) is 0 Å². The highest BCUT2D eigenvalue weighted by Crippen LogP contribution is 2.03. The first-order chi connectivity index (χ1) is 5.83. The zero-order valence-corrected chi connectivity index (χ0v) is 7.25. The van der Waals surface area contributed by atoms with E-state index in [1.54, 1.807) is 6.08 Å². The minimum atomic E-state index is 0.544. The Kier molecular flexibility index (Phi) is 3.34. The lowest BCUT2D eigenvalue weighted by molar-refractivity contribution is 1.26. The quantitative estimate of drug-likeness (QED) is 0.657. The second kappa shape index (κ2) is 4.55. The van der Waals surface area contributed by atoms with Crippen molar-refractivity contribution in [3.63, 3.8) is 0 Å². The largest absolute Gasteiger partial charge is 0.326 e. The van der Waals surface area contributed by atoms with E-state index in [0.717, 1.165) is 5.56 Å². The van der Waals surface area contributed by atoms with Crippen LogP contribution in [-0.4, -0.2) is 6.54 Å². The van der Waals surface area contributed by atoms with E-state index >= 15 is 0 Å². The molecule has 0 aliphatic heterocycles. The molecular weight excluding hydrogens is 146 g/mol. The van der Waals surface area contributed by atoms with Crippen molar-refractivity contribution in [2.75, 3.05) is 6.54 Å². The van der Waals surface area contributed by atoms with Gasteiger partial charge in [0.2, 0.25) is 0 Å². The molecule has 0 saturated heterocycles. The van der Waals surface area contributed by atoms with Crippen LogP contribution in [-0.2, 0) is 0 Å². The van der Waals surface area contributed by atoms with Gasteiger partial charge in [0, 0.05) is 6.54 Å². The second-order valence-corrected chi connectivity index (χ2v) is 2.66. The fourth-order valence-electron chi connectivity index (χ4n) is 0.886. The summed E-state index contributed by atoms with van der Waals surface area (Å²) < 4.78 is 0. The molecule has 2 N–H and O–H groups in total. The molecule has 12 heavy (non-hydrogen) atoms. The molecule has 1 heteroatoms. The average Bonchev–Trinajstić information content (AvgIpc) is 2.09. The van der Waals surface area contributed by atoms with Crippen LogP contribution in [0.1, 0.15) is 11.1 Å². The molecule has 1 aromatic rings. The van der Waals surface area contributed by atoms with E-state index in [9.17, 15) is 0 Å². The van der Waals surface area contributed by atoms with Gasteiger partial charge < -0.3 is 5.73 Å². The molecule has 0 heterocycles. The maximum Gasteiger partial charge on any atom is 0.0182 e. The summed E-state index contributed by atoms with van der Waals surface area (Å²) in [6.07, 6.45) is 3.73. The van der Waals surface area contributed by atoms with Gasteiger partial charge in [0.25, 0.3) is 0 Å². The van der Waals surface area contributed by atoms with Crippen LogP contribution < -0.4 is 5.73 Å². The molecule has 1 rings (SSSR count). The molecule has 0 radical (unpaired) electrons. The van der Waals surface area contributed by atoms with Crippen LogP contribution in [0.4, 0.5) is 0 Å². The third-order valence-corrected chi connectivity index (χ3v) is 1.56. The summed E-state index contributed by atoms with van der Waals surface area (Å²) >= 11 is 0. The van der Waals surface area contributed by atoms with Gasteiger partial charge in [0.1, 0.15) is 0 Å². The van der Waals surface area contributed by atoms with Gasteiger partial charge in [-0.15, -0.1) is 5.73 Å². The zero-order valence-electron chi connectivity index (χ0n) is 7.25. The Bertz CT molecular complexity index is 289. The van der Waals surface area contributed by atoms with Gasteiger partial charge in [-0.3, -0.25) is 0 Å². The Morgan fingerprint density at radius 1 is 1.33 bits per heavy atom. The summed E-state index contributed by atoms with van der Waals surface area (Å²) in [4.78, 5) is 0. The fraction of sp³-hybridized carbons (Fsp3) is 0.182. The van der Waals surface area contributed by atoms with Crippen molar-refractivity contribution in [2.24, 2.45) is 5.73 Å². The van der Waals surface area contributed by atoms with Crippen LogP contribution in [0.5, 0.6) is 0 Å². The van der Waals surface area contributed by atoms with Gasteiger partial charge in [-0.25, -0.2) is 0 Å². The Morgan fingerprint density at radius 3 is 2.58 bits per heavy atom. The summed E-state index contributed by atoms with van der Waals surface area (Å²) in [7, 11) is 0. The first kappa shape index (κ1) is 8.79. The topological polar surface area (TPSA) is 26.0 Å². The number of rotatable bonds is 2. The van der Waals surface area contributed by atoms with Crippen molar-refractivity contribution in [1.29, 1.82) is 0 Å². The summed E-state index contributed by atoms with van der Waals surface area (Å²) in [5.74, 6) is 0. The number of nitrogens with two attached hydrogens (primary N) is 1. The van der Waals surface area contributed by atoms with E-state index in [0.29, 0.717) is 6.54 Å². The molecule has 0 spiro atoms. The van der Waals surface area contributed by atoms with Gasteiger partial charge in [-0.1, -0.05) is 29.8 Å². The summed E-state index contributed by atoms with van der Waals surface area (Å²) in [5, 5.41) is 0. The molecule has 1 nitrogen and oxygen atoms in total. The van der Waals surface area contributed by atoms with Crippen molar-refractivity contribution in [3.8, 4) is 0 Å². The van der Waals surface area contributed by atoms with Gasteiger partial charge in [-0.05, 0) is 24.6 Å². The summed E-state index contributed by atoms with van der Waals surface area (Å²) in [6.45, 7) is 2.62. The maximum atomic E-state index is 5.28. The maximum absolute atomic E-state index is 5.28. The highest BCUT2D eigenvalue weighted by Gasteiger charge is 1.83. The predicted molar refractivity (Wildman–Crippen MR) is 52.8 cm³/mol.